The molecule has 4 nitrogen and oxygen atoms in total. The Balaban J connectivity index is 2.25. The molecule has 27 heavy (non-hydrogen) atoms. The lowest BCUT2D eigenvalue weighted by molar-refractivity contribution is -0.0487. The third kappa shape index (κ3) is 5.35. The number of nitrogens with zero attached hydrogens (tertiary/aromatic N) is 1. The summed E-state index contributed by atoms with van der Waals surface area (Å²) < 4.78 is 63.8. The average Bonchev–Trinajstić information content (AvgIpc) is 2.80. The van der Waals surface area contributed by atoms with Crippen molar-refractivity contribution in [2.45, 2.75) is 44.2 Å². The monoisotopic (exact) mass is 402 g/mol. The van der Waals surface area contributed by atoms with E-state index < -0.39 is 21.6 Å². The van der Waals surface area contributed by atoms with E-state index in [1.165, 1.54) is 0 Å². The molecule has 1 atom stereocenters. The molecule has 1 heterocycles. The maximum absolute atomic E-state index is 13.1. The molecular weight excluding hydrogens is 377 g/mol. The van der Waals surface area contributed by atoms with Crippen molar-refractivity contribution < 1.29 is 21.6 Å². The van der Waals surface area contributed by atoms with Gasteiger partial charge in [0.25, 0.3) is 0 Å². The standard InChI is InChI=1S/C19H25F3N2O2S/c1-3-5-8-15(4-2)11-12-17-14-24(27(25,26)19(20,21)22)13-16-9-6-7-10-18(16)23-17/h3-5,8-10,17,23H,2,6-7,11-14H2,1H3/b5-3-,15-8+. The summed E-state index contributed by atoms with van der Waals surface area (Å²) >= 11 is 0. The lowest BCUT2D eigenvalue weighted by Crippen LogP contribution is -2.45. The van der Waals surface area contributed by atoms with E-state index in [1.807, 2.05) is 37.3 Å². The summed E-state index contributed by atoms with van der Waals surface area (Å²) in [6.07, 6.45) is 13.6. The van der Waals surface area contributed by atoms with Crippen LogP contribution in [0.1, 0.15) is 32.6 Å². The lowest BCUT2D eigenvalue weighted by Gasteiger charge is -2.25. The molecule has 0 aromatic carbocycles. The Morgan fingerprint density at radius 3 is 2.70 bits per heavy atom. The Kier molecular flexibility index (Phi) is 7.11. The van der Waals surface area contributed by atoms with E-state index in [4.69, 9.17) is 0 Å². The van der Waals surface area contributed by atoms with E-state index in [0.717, 1.165) is 17.7 Å². The van der Waals surface area contributed by atoms with Crippen molar-refractivity contribution >= 4 is 10.0 Å². The molecule has 0 amide bonds. The molecule has 2 rings (SSSR count). The van der Waals surface area contributed by atoms with Gasteiger partial charge in [-0.3, -0.25) is 0 Å². The van der Waals surface area contributed by atoms with Crippen LogP contribution in [0.3, 0.4) is 0 Å². The van der Waals surface area contributed by atoms with E-state index in [1.54, 1.807) is 6.08 Å². The third-order valence-electron chi connectivity index (χ3n) is 4.56. The second kappa shape index (κ2) is 8.93. The molecule has 0 saturated carbocycles. The fourth-order valence-electron chi connectivity index (χ4n) is 3.10. The van der Waals surface area contributed by atoms with E-state index in [2.05, 4.69) is 11.9 Å². The molecule has 1 unspecified atom stereocenters. The van der Waals surface area contributed by atoms with Crippen molar-refractivity contribution in [3.63, 3.8) is 0 Å². The molecule has 150 valence electrons. The molecule has 1 fully saturated rings. The lowest BCUT2D eigenvalue weighted by atomic mass is 10.0. The van der Waals surface area contributed by atoms with Crippen molar-refractivity contribution in [1.29, 1.82) is 0 Å². The van der Waals surface area contributed by atoms with E-state index in [9.17, 15) is 21.6 Å². The van der Waals surface area contributed by atoms with Gasteiger partial charge in [0, 0.05) is 24.8 Å². The van der Waals surface area contributed by atoms with Crippen LogP contribution in [0, 0.1) is 0 Å². The zero-order valence-electron chi connectivity index (χ0n) is 15.3. The van der Waals surface area contributed by atoms with Gasteiger partial charge >= 0.3 is 15.5 Å². The molecule has 1 aliphatic heterocycles. The van der Waals surface area contributed by atoms with Gasteiger partial charge in [0.1, 0.15) is 0 Å². The van der Waals surface area contributed by atoms with Crippen LogP contribution >= 0.6 is 0 Å². The summed E-state index contributed by atoms with van der Waals surface area (Å²) in [5.74, 6) is 0. The number of rotatable bonds is 6. The molecule has 1 aliphatic carbocycles. The van der Waals surface area contributed by atoms with Gasteiger partial charge in [-0.05, 0) is 43.8 Å². The van der Waals surface area contributed by atoms with Crippen LogP contribution in [0.5, 0.6) is 0 Å². The minimum absolute atomic E-state index is 0.232. The zero-order chi connectivity index (χ0) is 20.1. The fourth-order valence-corrected chi connectivity index (χ4v) is 4.08. The highest BCUT2D eigenvalue weighted by Crippen LogP contribution is 2.31. The minimum Gasteiger partial charge on any atom is -0.381 e. The molecular formula is C19H25F3N2O2S. The zero-order valence-corrected chi connectivity index (χ0v) is 16.1. The number of sulfonamides is 1. The van der Waals surface area contributed by atoms with Crippen molar-refractivity contribution in [2.24, 2.45) is 0 Å². The molecule has 0 bridgehead atoms. The largest absolute Gasteiger partial charge is 0.511 e. The predicted octanol–water partition coefficient (Wildman–Crippen LogP) is 4.18. The molecule has 0 radical (unpaired) electrons. The number of fused-ring (bicyclic) bond motifs is 1. The Morgan fingerprint density at radius 1 is 1.37 bits per heavy atom. The first-order valence-corrected chi connectivity index (χ1v) is 10.3. The highest BCUT2D eigenvalue weighted by Gasteiger charge is 2.51. The van der Waals surface area contributed by atoms with Crippen LogP contribution in [-0.4, -0.2) is 37.4 Å². The fraction of sp³-hybridized carbons (Fsp3) is 0.474. The molecule has 2 aliphatic rings. The number of halogens is 3. The van der Waals surface area contributed by atoms with Gasteiger partial charge in [-0.1, -0.05) is 43.0 Å². The summed E-state index contributed by atoms with van der Waals surface area (Å²) in [6, 6.07) is -0.425. The maximum atomic E-state index is 13.1. The van der Waals surface area contributed by atoms with Crippen LogP contribution in [0.4, 0.5) is 13.2 Å². The SMILES string of the molecule is C=C/C(=C\C=C/C)CCC1CN(S(=O)(=O)C(F)(F)F)CC2=CCCC=C2N1. The molecule has 0 aromatic rings. The third-order valence-corrected chi connectivity index (χ3v) is 6.10. The summed E-state index contributed by atoms with van der Waals surface area (Å²) in [6.45, 7) is 5.14. The Morgan fingerprint density at radius 2 is 2.07 bits per heavy atom. The summed E-state index contributed by atoms with van der Waals surface area (Å²) in [4.78, 5) is 0. The van der Waals surface area contributed by atoms with Gasteiger partial charge in [0.15, 0.2) is 0 Å². The quantitative estimate of drug-likeness (QED) is 0.678. The average molecular weight is 402 g/mol. The second-order valence-corrected chi connectivity index (χ2v) is 8.45. The normalized spacial score (nSPS) is 22.5. The summed E-state index contributed by atoms with van der Waals surface area (Å²) in [7, 11) is -5.39. The van der Waals surface area contributed by atoms with Crippen molar-refractivity contribution in [3.05, 3.63) is 59.9 Å². The topological polar surface area (TPSA) is 49.4 Å². The predicted molar refractivity (Wildman–Crippen MR) is 101 cm³/mol. The van der Waals surface area contributed by atoms with Crippen LogP contribution in [0.25, 0.3) is 0 Å². The van der Waals surface area contributed by atoms with Gasteiger partial charge in [0.05, 0.1) is 0 Å². The number of hydrogen-bond acceptors (Lipinski definition) is 3. The summed E-state index contributed by atoms with van der Waals surface area (Å²) in [5, 5.41) is 3.25. The minimum atomic E-state index is -5.39. The number of alkyl halides is 3. The number of allylic oxidation sites excluding steroid dienone is 7. The first-order valence-electron chi connectivity index (χ1n) is 8.86. The van der Waals surface area contributed by atoms with E-state index >= 15 is 0 Å². The Hall–Kier alpha value is -1.80. The highest BCUT2D eigenvalue weighted by molar-refractivity contribution is 7.90. The molecule has 0 aromatic heterocycles. The van der Waals surface area contributed by atoms with Gasteiger partial charge in [-0.15, -0.1) is 0 Å². The maximum Gasteiger partial charge on any atom is 0.511 e. The van der Waals surface area contributed by atoms with Crippen LogP contribution in [-0.2, 0) is 10.0 Å². The molecule has 8 heteroatoms. The van der Waals surface area contributed by atoms with Gasteiger partial charge in [0.2, 0.25) is 0 Å². The molecule has 1 N–H and O–H groups in total. The molecule has 1 saturated heterocycles. The van der Waals surface area contributed by atoms with Crippen LogP contribution < -0.4 is 5.32 Å². The first kappa shape index (κ1) is 21.5. The van der Waals surface area contributed by atoms with Crippen molar-refractivity contribution in [1.82, 2.24) is 9.62 Å². The number of hydrogen-bond donors (Lipinski definition) is 1. The van der Waals surface area contributed by atoms with Gasteiger partial charge in [-0.25, -0.2) is 8.42 Å². The van der Waals surface area contributed by atoms with Crippen LogP contribution in [0.2, 0.25) is 0 Å². The van der Waals surface area contributed by atoms with E-state index in [-0.39, 0.29) is 13.1 Å². The highest BCUT2D eigenvalue weighted by atomic mass is 32.2. The van der Waals surface area contributed by atoms with Crippen LogP contribution in [0.15, 0.2) is 59.9 Å². The molecule has 0 spiro atoms. The number of nitrogens with one attached hydrogen (secondary N) is 1. The summed E-state index contributed by atoms with van der Waals surface area (Å²) in [5.41, 5.74) is -3.02. The Labute approximate surface area is 158 Å². The Bertz CT molecular complexity index is 777. The van der Waals surface area contributed by atoms with Crippen molar-refractivity contribution in [2.75, 3.05) is 13.1 Å². The smallest absolute Gasteiger partial charge is 0.381 e. The second-order valence-electron chi connectivity index (χ2n) is 6.52. The van der Waals surface area contributed by atoms with Gasteiger partial charge < -0.3 is 5.32 Å². The van der Waals surface area contributed by atoms with E-state index in [0.29, 0.717) is 29.1 Å². The van der Waals surface area contributed by atoms with Crippen molar-refractivity contribution in [3.8, 4) is 0 Å². The first-order chi connectivity index (χ1) is 12.7. The van der Waals surface area contributed by atoms with Gasteiger partial charge in [-0.2, -0.15) is 17.5 Å².